The second-order valence-electron chi connectivity index (χ2n) is 13.5. The van der Waals surface area contributed by atoms with Crippen LogP contribution < -0.4 is 49.1 Å². The third-order valence-corrected chi connectivity index (χ3v) is 7.65. The maximum absolute atomic E-state index is 13.6. The molecule has 0 saturated carbocycles. The van der Waals surface area contributed by atoms with Crippen molar-refractivity contribution in [3.05, 3.63) is 0 Å². The molecule has 49 heavy (non-hydrogen) atoms. The Hall–Kier alpha value is -3.99. The summed E-state index contributed by atoms with van der Waals surface area (Å²) in [7, 11) is 0. The maximum Gasteiger partial charge on any atom is 0.245 e. The first kappa shape index (κ1) is 45.0. The van der Waals surface area contributed by atoms with Crippen LogP contribution in [0, 0.1) is 23.2 Å². The first-order valence-electron chi connectivity index (χ1n) is 17.1. The minimum atomic E-state index is -1.46. The summed E-state index contributed by atoms with van der Waals surface area (Å²) in [5.41, 5.74) is 16.4. The molecule has 7 atom stereocenters. The summed E-state index contributed by atoms with van der Waals surface area (Å²) in [5, 5.41) is 33.2. The molecule has 0 rings (SSSR count). The summed E-state index contributed by atoms with van der Waals surface area (Å²) in [6.07, 6.45) is 1.10. The minimum absolute atomic E-state index is 0.0567. The van der Waals surface area contributed by atoms with Gasteiger partial charge in [-0.1, -0.05) is 34.6 Å². The molecule has 0 saturated heterocycles. The van der Waals surface area contributed by atoms with Crippen LogP contribution in [0.2, 0.25) is 0 Å². The van der Waals surface area contributed by atoms with Crippen LogP contribution in [-0.2, 0) is 28.8 Å². The number of primary amides is 1. The Kier molecular flexibility index (Phi) is 21.5. The van der Waals surface area contributed by atoms with Gasteiger partial charge in [0.05, 0.1) is 6.10 Å². The number of amides is 6. The Balaban J connectivity index is 5.83. The number of aliphatic hydroxyl groups is 1. The summed E-state index contributed by atoms with van der Waals surface area (Å²) < 4.78 is 0. The zero-order valence-corrected chi connectivity index (χ0v) is 30.2. The smallest absolute Gasteiger partial charge is 0.245 e. The van der Waals surface area contributed by atoms with Crippen molar-refractivity contribution in [3.8, 4) is 0 Å². The zero-order valence-electron chi connectivity index (χ0n) is 30.2. The molecule has 0 fully saturated rings. The summed E-state index contributed by atoms with van der Waals surface area (Å²) >= 11 is 0. The van der Waals surface area contributed by atoms with Crippen molar-refractivity contribution in [1.82, 2.24) is 31.9 Å². The molecule has 0 spiro atoms. The summed E-state index contributed by atoms with van der Waals surface area (Å²) in [5.74, 6) is -4.34. The molecular formula is C32H62N10O7. The molecule has 0 aromatic heterocycles. The van der Waals surface area contributed by atoms with Crippen molar-refractivity contribution in [2.75, 3.05) is 13.1 Å². The number of hydrogen-bond donors (Lipinski definition) is 11. The van der Waals surface area contributed by atoms with Gasteiger partial charge >= 0.3 is 0 Å². The third-order valence-electron chi connectivity index (χ3n) is 7.65. The molecule has 0 aliphatic heterocycles. The van der Waals surface area contributed by atoms with Crippen LogP contribution >= 0.6 is 0 Å². The molecule has 0 bridgehead atoms. The zero-order chi connectivity index (χ0) is 37.8. The Morgan fingerprint density at radius 2 is 1.16 bits per heavy atom. The Morgan fingerprint density at radius 1 is 0.633 bits per heavy atom. The van der Waals surface area contributed by atoms with Crippen molar-refractivity contribution in [2.45, 2.75) is 130 Å². The fraction of sp³-hybridized carbons (Fsp3) is 0.781. The van der Waals surface area contributed by atoms with Gasteiger partial charge in [0.25, 0.3) is 0 Å². The molecular weight excluding hydrogens is 636 g/mol. The van der Waals surface area contributed by atoms with Crippen LogP contribution in [0.25, 0.3) is 0 Å². The first-order valence-corrected chi connectivity index (χ1v) is 17.1. The van der Waals surface area contributed by atoms with Gasteiger partial charge in [-0.3, -0.25) is 34.2 Å². The topological polar surface area (TPSA) is 297 Å². The van der Waals surface area contributed by atoms with Gasteiger partial charge in [0.1, 0.15) is 30.2 Å². The molecule has 17 heteroatoms. The Labute approximate surface area is 290 Å². The first-order chi connectivity index (χ1) is 22.8. The van der Waals surface area contributed by atoms with E-state index in [0.717, 1.165) is 0 Å². The van der Waals surface area contributed by atoms with E-state index in [0.29, 0.717) is 32.2 Å². The SMILES string of the molecule is CC(C)C[C@H](NC(=O)[C@H](CCCCN)NC(=O)[C@@H](NC(=O)[C@H](C)NC(=O)[C@@H](C)CC(C)C)[C@@H](C)O)C(=O)N[C@@H](CCCNC(=N)N)C(N)=O. The highest BCUT2D eigenvalue weighted by Gasteiger charge is 2.33. The highest BCUT2D eigenvalue weighted by Crippen LogP contribution is 2.12. The van der Waals surface area contributed by atoms with E-state index >= 15 is 0 Å². The van der Waals surface area contributed by atoms with E-state index in [-0.39, 0.29) is 55.4 Å². The van der Waals surface area contributed by atoms with Crippen molar-refractivity contribution < 1.29 is 33.9 Å². The van der Waals surface area contributed by atoms with Gasteiger partial charge in [-0.25, -0.2) is 0 Å². The summed E-state index contributed by atoms with van der Waals surface area (Å²) in [6, 6.07) is -5.78. The van der Waals surface area contributed by atoms with Crippen molar-refractivity contribution in [3.63, 3.8) is 0 Å². The molecule has 0 aromatic carbocycles. The number of nitrogens with two attached hydrogens (primary N) is 3. The summed E-state index contributed by atoms with van der Waals surface area (Å²) in [4.78, 5) is 77.8. The number of carbonyl (C=O) groups excluding carboxylic acids is 6. The van der Waals surface area contributed by atoms with E-state index in [1.807, 2.05) is 27.7 Å². The van der Waals surface area contributed by atoms with E-state index in [2.05, 4.69) is 31.9 Å². The van der Waals surface area contributed by atoms with Crippen LogP contribution in [0.15, 0.2) is 0 Å². The van der Waals surface area contributed by atoms with Crippen LogP contribution in [0.1, 0.15) is 93.4 Å². The molecule has 282 valence electrons. The number of carbonyl (C=O) groups is 6. The molecule has 14 N–H and O–H groups in total. The average molecular weight is 699 g/mol. The van der Waals surface area contributed by atoms with Crippen molar-refractivity contribution >= 4 is 41.4 Å². The minimum Gasteiger partial charge on any atom is -0.391 e. The Bertz CT molecular complexity index is 1100. The molecule has 17 nitrogen and oxygen atoms in total. The predicted molar refractivity (Wildman–Crippen MR) is 186 cm³/mol. The second kappa shape index (κ2) is 23.4. The molecule has 6 amide bonds. The number of rotatable bonds is 24. The molecule has 0 aromatic rings. The van der Waals surface area contributed by atoms with Crippen molar-refractivity contribution in [2.24, 2.45) is 35.0 Å². The molecule has 0 aliphatic rings. The molecule has 0 unspecified atom stereocenters. The number of nitrogens with one attached hydrogen (secondary N) is 7. The second-order valence-corrected chi connectivity index (χ2v) is 13.5. The third kappa shape index (κ3) is 19.0. The van der Waals surface area contributed by atoms with Gasteiger partial charge in [0, 0.05) is 12.5 Å². The normalized spacial score (nSPS) is 15.5. The van der Waals surface area contributed by atoms with Gasteiger partial charge < -0.3 is 54.2 Å². The monoisotopic (exact) mass is 698 g/mol. The Morgan fingerprint density at radius 3 is 1.67 bits per heavy atom. The van der Waals surface area contributed by atoms with E-state index < -0.39 is 65.8 Å². The van der Waals surface area contributed by atoms with Gasteiger partial charge in [0.2, 0.25) is 35.4 Å². The van der Waals surface area contributed by atoms with E-state index in [1.165, 1.54) is 13.8 Å². The molecule has 0 aliphatic carbocycles. The van der Waals surface area contributed by atoms with Gasteiger partial charge in [-0.15, -0.1) is 0 Å². The van der Waals surface area contributed by atoms with Gasteiger partial charge in [0.15, 0.2) is 5.96 Å². The lowest BCUT2D eigenvalue weighted by Crippen LogP contribution is -2.61. The van der Waals surface area contributed by atoms with Crippen molar-refractivity contribution in [1.29, 1.82) is 5.41 Å². The number of aliphatic hydroxyl groups excluding tert-OH is 1. The maximum atomic E-state index is 13.6. The van der Waals surface area contributed by atoms with Crippen LogP contribution in [0.4, 0.5) is 0 Å². The van der Waals surface area contributed by atoms with E-state index in [4.69, 9.17) is 22.6 Å². The quantitative estimate of drug-likeness (QED) is 0.0312. The van der Waals surface area contributed by atoms with Crippen LogP contribution in [0.3, 0.4) is 0 Å². The lowest BCUT2D eigenvalue weighted by atomic mass is 9.98. The van der Waals surface area contributed by atoms with Gasteiger partial charge in [-0.05, 0) is 77.2 Å². The molecule has 0 radical (unpaired) electrons. The fourth-order valence-electron chi connectivity index (χ4n) is 5.00. The van der Waals surface area contributed by atoms with Crippen LogP contribution in [-0.4, -0.2) is 95.9 Å². The largest absolute Gasteiger partial charge is 0.391 e. The molecule has 0 heterocycles. The highest BCUT2D eigenvalue weighted by atomic mass is 16.3. The number of unbranched alkanes of at least 4 members (excludes halogenated alkanes) is 1. The fourth-order valence-corrected chi connectivity index (χ4v) is 5.00. The number of guanidine groups is 1. The number of hydrogen-bond acceptors (Lipinski definition) is 9. The standard InChI is InChI=1S/C32H62N10O7/c1-17(2)15-19(5)27(45)38-20(6)28(46)42-25(21(7)43)31(49)40-23(11-8-9-13-33)29(47)41-24(16-18(3)4)30(48)39-22(26(34)44)12-10-14-37-32(35)36/h17-25,43H,8-16,33H2,1-7H3,(H2,34,44)(H,38,45)(H,39,48)(H,40,49)(H,41,47)(H,42,46)(H4,35,36,37)/t19-,20-,21+,22-,23-,24-,25-/m0/s1. The predicted octanol–water partition coefficient (Wildman–Crippen LogP) is -1.58. The highest BCUT2D eigenvalue weighted by molar-refractivity contribution is 5.96. The van der Waals surface area contributed by atoms with Gasteiger partial charge in [-0.2, -0.15) is 0 Å². The van der Waals surface area contributed by atoms with E-state index in [9.17, 15) is 33.9 Å². The van der Waals surface area contributed by atoms with Crippen LogP contribution in [0.5, 0.6) is 0 Å². The average Bonchev–Trinajstić information content (AvgIpc) is 2.98. The lowest BCUT2D eigenvalue weighted by Gasteiger charge is -2.28. The lowest BCUT2D eigenvalue weighted by molar-refractivity contribution is -0.136. The van der Waals surface area contributed by atoms with E-state index in [1.54, 1.807) is 6.92 Å². The summed E-state index contributed by atoms with van der Waals surface area (Å²) in [6.45, 7) is 12.8.